The number of rotatable bonds is 7. The Bertz CT molecular complexity index is 773. The van der Waals surface area contributed by atoms with Crippen molar-refractivity contribution in [1.82, 2.24) is 20.6 Å². The Kier molecular flexibility index (Phi) is 5.33. The fraction of sp³-hybridized carbons (Fsp3) is 0.250. The van der Waals surface area contributed by atoms with Gasteiger partial charge in [-0.1, -0.05) is 4.68 Å². The lowest BCUT2D eigenvalue weighted by molar-refractivity contribution is -0.862. The van der Waals surface area contributed by atoms with Crippen LogP contribution < -0.4 is 19.6 Å². The lowest BCUT2D eigenvalue weighted by Crippen LogP contribution is -2.44. The number of amides is 1. The normalized spacial score (nSPS) is 10.6. The molecule has 2 aromatic rings. The van der Waals surface area contributed by atoms with Crippen LogP contribution in [0.3, 0.4) is 0 Å². The molecule has 0 spiro atoms. The summed E-state index contributed by atoms with van der Waals surface area (Å²) in [6.07, 6.45) is 2.52. The molecule has 1 aromatic carbocycles. The van der Waals surface area contributed by atoms with Gasteiger partial charge in [0.1, 0.15) is 5.10 Å². The number of hydrogen-bond acceptors (Lipinski definition) is 7. The molecule has 12 nitrogen and oxygen atoms in total. The van der Waals surface area contributed by atoms with E-state index in [0.717, 1.165) is 11.0 Å². The summed E-state index contributed by atoms with van der Waals surface area (Å²) in [4.78, 5) is 22.6. The zero-order valence-electron chi connectivity index (χ0n) is 12.9. The zero-order valence-corrected chi connectivity index (χ0v) is 12.9. The third kappa shape index (κ3) is 4.22. The maximum atomic E-state index is 11.7. The average molecular weight is 337 g/mol. The van der Waals surface area contributed by atoms with Crippen LogP contribution in [0, 0.1) is 4.91 Å². The van der Waals surface area contributed by atoms with E-state index in [4.69, 9.17) is 14.7 Å². The first-order valence-corrected chi connectivity index (χ1v) is 6.56. The fourth-order valence-corrected chi connectivity index (χ4v) is 1.70. The Morgan fingerprint density at radius 3 is 2.83 bits per heavy atom. The van der Waals surface area contributed by atoms with Crippen molar-refractivity contribution in [1.29, 1.82) is 0 Å². The number of benzene rings is 1. The molecule has 0 aliphatic carbocycles. The van der Waals surface area contributed by atoms with E-state index in [1.54, 1.807) is 18.2 Å². The number of tetrazole rings is 1. The first-order chi connectivity index (χ1) is 11.5. The van der Waals surface area contributed by atoms with E-state index in [9.17, 15) is 9.70 Å². The molecular weight excluding hydrogens is 322 g/mol. The van der Waals surface area contributed by atoms with Gasteiger partial charge in [0, 0.05) is 0 Å². The number of nitrogens with zero attached hydrogens (tertiary/aromatic N) is 6. The van der Waals surface area contributed by atoms with Gasteiger partial charge in [-0.2, -0.15) is 5.10 Å². The summed E-state index contributed by atoms with van der Waals surface area (Å²) >= 11 is 0. The third-order valence-electron chi connectivity index (χ3n) is 2.75. The van der Waals surface area contributed by atoms with Crippen LogP contribution in [-0.2, 0) is 11.3 Å². The molecule has 1 heterocycles. The number of aromatic nitrogens is 4. The number of carbonyl (C=O) groups is 1. The molecule has 2 rings (SSSR count). The van der Waals surface area contributed by atoms with Crippen molar-refractivity contribution in [2.75, 3.05) is 14.2 Å². The minimum Gasteiger partial charge on any atom is -0.493 e. The predicted molar refractivity (Wildman–Crippen MR) is 76.3 cm³/mol. The standard InChI is InChI=1S/C12H14N7O5/c1-23-10-4-3-9(5-11(10)24-2)6-13-15-12(20)7-17-8-14-18(16-17)19(21)22/h3-6,8H,7H2,1-2H3,(H-,15,20,21,22)/q+1/p+1/b13-6+. The lowest BCUT2D eigenvalue weighted by atomic mass is 10.2. The Hall–Kier alpha value is -3.57. The van der Waals surface area contributed by atoms with Crippen LogP contribution in [0.25, 0.3) is 0 Å². The van der Waals surface area contributed by atoms with Crippen LogP contribution >= 0.6 is 0 Å². The molecule has 0 bridgehead atoms. The Morgan fingerprint density at radius 2 is 2.21 bits per heavy atom. The molecule has 24 heavy (non-hydrogen) atoms. The number of carbonyl (C=O) groups excluding carboxylic acids is 1. The van der Waals surface area contributed by atoms with Crippen molar-refractivity contribution < 1.29 is 29.2 Å². The predicted octanol–water partition coefficient (Wildman–Crippen LogP) is -1.34. The monoisotopic (exact) mass is 337 g/mol. The quantitative estimate of drug-likeness (QED) is 0.363. The minimum absolute atomic E-state index is 0.239. The molecule has 0 saturated heterocycles. The molecular formula is C12H15N7O5+2. The summed E-state index contributed by atoms with van der Waals surface area (Å²) in [5.74, 6) is 0.611. The molecule has 12 heteroatoms. The molecule has 0 fully saturated rings. The summed E-state index contributed by atoms with van der Waals surface area (Å²) in [6.45, 7) is -0.239. The first-order valence-electron chi connectivity index (χ1n) is 6.56. The minimum atomic E-state index is -0.580. The Balaban J connectivity index is 1.93. The van der Waals surface area contributed by atoms with E-state index >= 15 is 0 Å². The molecule has 0 radical (unpaired) electrons. The topological polar surface area (TPSA) is 135 Å². The molecule has 0 atom stereocenters. The van der Waals surface area contributed by atoms with Gasteiger partial charge in [-0.15, -0.1) is 0 Å². The van der Waals surface area contributed by atoms with Crippen molar-refractivity contribution in [3.05, 3.63) is 35.0 Å². The van der Waals surface area contributed by atoms with Crippen molar-refractivity contribution in [2.24, 2.45) is 5.10 Å². The third-order valence-corrected chi connectivity index (χ3v) is 2.75. The molecule has 1 amide bonds. The van der Waals surface area contributed by atoms with Gasteiger partial charge in [-0.25, -0.2) is 5.43 Å². The van der Waals surface area contributed by atoms with E-state index in [2.05, 4.69) is 20.8 Å². The number of ether oxygens (including phenoxy) is 2. The second kappa shape index (κ2) is 7.62. The van der Waals surface area contributed by atoms with E-state index in [1.807, 2.05) is 0 Å². The second-order valence-corrected chi connectivity index (χ2v) is 4.35. The van der Waals surface area contributed by atoms with Gasteiger partial charge in [0.15, 0.2) is 18.0 Å². The van der Waals surface area contributed by atoms with Crippen LogP contribution in [0.5, 0.6) is 11.5 Å². The van der Waals surface area contributed by atoms with Crippen LogP contribution in [0.1, 0.15) is 5.56 Å². The van der Waals surface area contributed by atoms with Crippen molar-refractivity contribution >= 4 is 12.1 Å². The van der Waals surface area contributed by atoms with E-state index in [0.29, 0.717) is 22.0 Å². The molecule has 1 aromatic heterocycles. The molecule has 0 unspecified atom stereocenters. The van der Waals surface area contributed by atoms with E-state index in [-0.39, 0.29) is 6.54 Å². The summed E-state index contributed by atoms with van der Waals surface area (Å²) in [5, 5.41) is 18.7. The highest BCUT2D eigenvalue weighted by atomic mass is 16.7. The van der Waals surface area contributed by atoms with Crippen LogP contribution in [0.15, 0.2) is 29.6 Å². The van der Waals surface area contributed by atoms with E-state index < -0.39 is 10.9 Å². The van der Waals surface area contributed by atoms with E-state index in [1.165, 1.54) is 20.4 Å². The Morgan fingerprint density at radius 1 is 1.46 bits per heavy atom. The highest BCUT2D eigenvalue weighted by molar-refractivity contribution is 5.82. The van der Waals surface area contributed by atoms with Gasteiger partial charge in [-0.3, -0.25) is 4.79 Å². The van der Waals surface area contributed by atoms with Gasteiger partial charge in [0.05, 0.1) is 20.4 Å². The summed E-state index contributed by atoms with van der Waals surface area (Å²) in [5.41, 5.74) is 2.98. The number of nitrogens with one attached hydrogen (secondary N) is 1. The number of hydrogen-bond donors (Lipinski definition) is 2. The maximum Gasteiger partial charge on any atom is 0.305 e. The van der Waals surface area contributed by atoms with Gasteiger partial charge in [0.25, 0.3) is 15.8 Å². The van der Waals surface area contributed by atoms with Crippen molar-refractivity contribution in [3.63, 3.8) is 0 Å². The van der Waals surface area contributed by atoms with Gasteiger partial charge >= 0.3 is 6.33 Å². The van der Waals surface area contributed by atoms with Gasteiger partial charge in [-0.05, 0) is 28.7 Å². The highest BCUT2D eigenvalue weighted by Gasteiger charge is 2.21. The van der Waals surface area contributed by atoms with Crippen molar-refractivity contribution in [2.45, 2.75) is 6.54 Å². The SMILES string of the molecule is COc1ccc(/C=N/NC(=O)C[n+]2cnn([N+](=O)O)n2)cc1OC. The van der Waals surface area contributed by atoms with Gasteiger partial charge in [0.2, 0.25) is 5.21 Å². The summed E-state index contributed by atoms with van der Waals surface area (Å²) < 4.78 is 11.3. The summed E-state index contributed by atoms with van der Waals surface area (Å²) in [7, 11) is 3.04. The lowest BCUT2D eigenvalue weighted by Gasteiger charge is -2.07. The zero-order chi connectivity index (χ0) is 17.5. The average Bonchev–Trinajstić information content (AvgIpc) is 3.03. The highest BCUT2D eigenvalue weighted by Crippen LogP contribution is 2.26. The summed E-state index contributed by atoms with van der Waals surface area (Å²) in [6, 6.07) is 5.14. The van der Waals surface area contributed by atoms with Crippen LogP contribution in [0.2, 0.25) is 0 Å². The van der Waals surface area contributed by atoms with Gasteiger partial charge < -0.3 is 14.7 Å². The molecule has 0 saturated carbocycles. The van der Waals surface area contributed by atoms with Crippen molar-refractivity contribution in [3.8, 4) is 11.5 Å². The maximum absolute atomic E-state index is 11.7. The van der Waals surface area contributed by atoms with Crippen LogP contribution in [0.4, 0.5) is 0 Å². The molecule has 126 valence electrons. The fourth-order valence-electron chi connectivity index (χ4n) is 1.70. The molecule has 0 aliphatic heterocycles. The number of methoxy groups -OCH3 is 2. The molecule has 0 aliphatic rings. The smallest absolute Gasteiger partial charge is 0.305 e. The molecule has 2 N–H and O–H groups in total. The first kappa shape index (κ1) is 16.8. The Labute approximate surface area is 135 Å². The van der Waals surface area contributed by atoms with Crippen LogP contribution in [-0.4, -0.2) is 51.8 Å². The largest absolute Gasteiger partial charge is 0.493 e. The number of hydrazone groups is 1. The second-order valence-electron chi connectivity index (χ2n) is 4.35.